The Kier molecular flexibility index (Phi) is 5.07. The summed E-state index contributed by atoms with van der Waals surface area (Å²) in [6.45, 7) is 0. The van der Waals surface area contributed by atoms with Crippen molar-refractivity contribution in [2.75, 3.05) is 17.3 Å². The van der Waals surface area contributed by atoms with Crippen molar-refractivity contribution in [3.63, 3.8) is 0 Å². The molecule has 0 aliphatic heterocycles. The van der Waals surface area contributed by atoms with Crippen LogP contribution in [0.1, 0.15) is 16.1 Å². The zero-order valence-electron chi connectivity index (χ0n) is 14.2. The second-order valence-corrected chi connectivity index (χ2v) is 5.66. The molecule has 0 unspecified atom stereocenters. The molecule has 0 saturated carbocycles. The van der Waals surface area contributed by atoms with E-state index < -0.39 is 17.6 Å². The van der Waals surface area contributed by atoms with Crippen molar-refractivity contribution in [1.29, 1.82) is 0 Å². The lowest BCUT2D eigenvalue weighted by molar-refractivity contribution is -0.136. The molecule has 3 rings (SSSR count). The van der Waals surface area contributed by atoms with E-state index in [-0.39, 0.29) is 17.2 Å². The number of benzene rings is 2. The Labute approximate surface area is 153 Å². The van der Waals surface area contributed by atoms with E-state index in [0.29, 0.717) is 5.69 Å². The average Bonchev–Trinajstić information content (AvgIpc) is 2.67. The highest BCUT2D eigenvalue weighted by Gasteiger charge is 2.33. The van der Waals surface area contributed by atoms with Gasteiger partial charge >= 0.3 is 6.18 Å². The second kappa shape index (κ2) is 7.45. The summed E-state index contributed by atoms with van der Waals surface area (Å²) >= 11 is 0. The SMILES string of the molecule is CN(C(=O)c1cc(Nc2ccccc2C(F)(F)F)ncn1)c1ccccc1. The number of carbonyl (C=O) groups excluding carboxylic acids is 1. The molecule has 1 heterocycles. The zero-order chi connectivity index (χ0) is 19.4. The van der Waals surface area contributed by atoms with Gasteiger partial charge in [-0.3, -0.25) is 4.79 Å². The fourth-order valence-electron chi connectivity index (χ4n) is 2.46. The van der Waals surface area contributed by atoms with Crippen LogP contribution in [-0.4, -0.2) is 22.9 Å². The van der Waals surface area contributed by atoms with Crippen molar-refractivity contribution >= 4 is 23.1 Å². The lowest BCUT2D eigenvalue weighted by Crippen LogP contribution is -2.27. The van der Waals surface area contributed by atoms with Crippen molar-refractivity contribution in [2.24, 2.45) is 0 Å². The van der Waals surface area contributed by atoms with Crippen LogP contribution in [0.4, 0.5) is 30.4 Å². The maximum atomic E-state index is 13.1. The number of alkyl halides is 3. The van der Waals surface area contributed by atoms with Crippen LogP contribution in [0.5, 0.6) is 0 Å². The van der Waals surface area contributed by atoms with Crippen molar-refractivity contribution < 1.29 is 18.0 Å². The zero-order valence-corrected chi connectivity index (χ0v) is 14.2. The van der Waals surface area contributed by atoms with Gasteiger partial charge < -0.3 is 10.2 Å². The molecule has 27 heavy (non-hydrogen) atoms. The molecule has 1 aromatic heterocycles. The van der Waals surface area contributed by atoms with Gasteiger partial charge in [-0.15, -0.1) is 0 Å². The van der Waals surface area contributed by atoms with E-state index in [2.05, 4.69) is 15.3 Å². The minimum absolute atomic E-state index is 0.0587. The number of anilines is 3. The number of nitrogens with zero attached hydrogens (tertiary/aromatic N) is 3. The third-order valence-electron chi connectivity index (χ3n) is 3.83. The molecule has 0 spiro atoms. The Morgan fingerprint density at radius 3 is 2.37 bits per heavy atom. The predicted octanol–water partition coefficient (Wildman–Crippen LogP) is 4.52. The Morgan fingerprint density at radius 1 is 1.00 bits per heavy atom. The van der Waals surface area contributed by atoms with Crippen molar-refractivity contribution in [3.05, 3.63) is 78.2 Å². The van der Waals surface area contributed by atoms with Crippen LogP contribution < -0.4 is 10.2 Å². The molecule has 1 amide bonds. The van der Waals surface area contributed by atoms with Gasteiger partial charge in [-0.2, -0.15) is 13.2 Å². The molecule has 138 valence electrons. The Bertz CT molecular complexity index is 945. The van der Waals surface area contributed by atoms with Gasteiger partial charge in [-0.25, -0.2) is 9.97 Å². The minimum atomic E-state index is -4.51. The van der Waals surface area contributed by atoms with E-state index in [1.54, 1.807) is 31.3 Å². The largest absolute Gasteiger partial charge is 0.418 e. The maximum absolute atomic E-state index is 13.1. The summed E-state index contributed by atoms with van der Waals surface area (Å²) in [5.74, 6) is -0.317. The van der Waals surface area contributed by atoms with Crippen LogP contribution in [0.3, 0.4) is 0 Å². The summed E-state index contributed by atoms with van der Waals surface area (Å²) in [5.41, 5.74) is -0.252. The molecule has 2 aromatic carbocycles. The topological polar surface area (TPSA) is 58.1 Å². The highest BCUT2D eigenvalue weighted by molar-refractivity contribution is 6.04. The normalized spacial score (nSPS) is 11.1. The van der Waals surface area contributed by atoms with E-state index >= 15 is 0 Å². The Morgan fingerprint density at radius 2 is 1.67 bits per heavy atom. The van der Waals surface area contributed by atoms with Gasteiger partial charge in [0.1, 0.15) is 17.8 Å². The van der Waals surface area contributed by atoms with Crippen LogP contribution in [0.25, 0.3) is 0 Å². The quantitative estimate of drug-likeness (QED) is 0.732. The molecule has 0 aliphatic rings. The van der Waals surface area contributed by atoms with Gasteiger partial charge in [0.05, 0.1) is 11.3 Å². The molecule has 1 N–H and O–H groups in total. The molecular weight excluding hydrogens is 357 g/mol. The first-order valence-corrected chi connectivity index (χ1v) is 7.94. The Hall–Kier alpha value is -3.42. The summed E-state index contributed by atoms with van der Waals surface area (Å²) in [6, 6.07) is 15.3. The van der Waals surface area contributed by atoms with Gasteiger partial charge in [-0.05, 0) is 24.3 Å². The molecular formula is C19H15F3N4O. The number of para-hydroxylation sites is 2. The first kappa shape index (κ1) is 18.4. The fourth-order valence-corrected chi connectivity index (χ4v) is 2.46. The van der Waals surface area contributed by atoms with Crippen LogP contribution in [0.15, 0.2) is 67.0 Å². The van der Waals surface area contributed by atoms with E-state index in [0.717, 1.165) is 12.4 Å². The number of halogens is 3. The van der Waals surface area contributed by atoms with Crippen LogP contribution in [0.2, 0.25) is 0 Å². The summed E-state index contributed by atoms with van der Waals surface area (Å²) in [4.78, 5) is 21.8. The summed E-state index contributed by atoms with van der Waals surface area (Å²) in [6.07, 6.45) is -3.38. The molecule has 3 aromatic rings. The van der Waals surface area contributed by atoms with Gasteiger partial charge in [-0.1, -0.05) is 30.3 Å². The number of aromatic nitrogens is 2. The van der Waals surface area contributed by atoms with Crippen molar-refractivity contribution in [2.45, 2.75) is 6.18 Å². The third kappa shape index (κ3) is 4.22. The molecule has 0 radical (unpaired) electrons. The number of hydrogen-bond acceptors (Lipinski definition) is 4. The van der Waals surface area contributed by atoms with Crippen molar-refractivity contribution in [3.8, 4) is 0 Å². The molecule has 5 nitrogen and oxygen atoms in total. The summed E-state index contributed by atoms with van der Waals surface area (Å²) < 4.78 is 39.4. The van der Waals surface area contributed by atoms with Gasteiger partial charge in [0.25, 0.3) is 5.91 Å². The lowest BCUT2D eigenvalue weighted by Gasteiger charge is -2.17. The number of hydrogen-bond donors (Lipinski definition) is 1. The predicted molar refractivity (Wildman–Crippen MR) is 95.9 cm³/mol. The maximum Gasteiger partial charge on any atom is 0.418 e. The summed E-state index contributed by atoms with van der Waals surface area (Å²) in [7, 11) is 1.59. The number of amides is 1. The van der Waals surface area contributed by atoms with E-state index in [1.807, 2.05) is 6.07 Å². The fraction of sp³-hybridized carbons (Fsp3) is 0.105. The number of nitrogens with one attached hydrogen (secondary N) is 1. The molecule has 0 atom stereocenters. The van der Waals surface area contributed by atoms with E-state index in [1.165, 1.54) is 29.2 Å². The first-order chi connectivity index (χ1) is 12.9. The average molecular weight is 372 g/mol. The van der Waals surface area contributed by atoms with Gasteiger partial charge in [0.15, 0.2) is 0 Å². The van der Waals surface area contributed by atoms with Gasteiger partial charge in [0, 0.05) is 18.8 Å². The Balaban J connectivity index is 1.86. The van der Waals surface area contributed by atoms with Gasteiger partial charge in [0.2, 0.25) is 0 Å². The molecule has 0 fully saturated rings. The minimum Gasteiger partial charge on any atom is -0.340 e. The van der Waals surface area contributed by atoms with Crippen LogP contribution in [0, 0.1) is 0 Å². The second-order valence-electron chi connectivity index (χ2n) is 5.66. The molecule has 8 heteroatoms. The highest BCUT2D eigenvalue weighted by Crippen LogP contribution is 2.35. The van der Waals surface area contributed by atoms with Crippen LogP contribution in [-0.2, 0) is 6.18 Å². The number of carbonyl (C=O) groups is 1. The van der Waals surface area contributed by atoms with E-state index in [9.17, 15) is 18.0 Å². The summed E-state index contributed by atoms with van der Waals surface area (Å²) in [5, 5.41) is 2.61. The lowest BCUT2D eigenvalue weighted by atomic mass is 10.1. The molecule has 0 bridgehead atoms. The highest BCUT2D eigenvalue weighted by atomic mass is 19.4. The first-order valence-electron chi connectivity index (χ1n) is 7.94. The van der Waals surface area contributed by atoms with Crippen LogP contribution >= 0.6 is 0 Å². The van der Waals surface area contributed by atoms with Crippen molar-refractivity contribution in [1.82, 2.24) is 9.97 Å². The monoisotopic (exact) mass is 372 g/mol. The smallest absolute Gasteiger partial charge is 0.340 e. The molecule has 0 aliphatic carbocycles. The third-order valence-corrected chi connectivity index (χ3v) is 3.83. The number of rotatable bonds is 4. The standard InChI is InChI=1S/C19H15F3N4O/c1-26(13-7-3-2-4-8-13)18(27)16-11-17(24-12-23-16)25-15-10-6-5-9-14(15)19(20,21)22/h2-12H,1H3,(H,23,24,25). The molecule has 0 saturated heterocycles. The van der Waals surface area contributed by atoms with E-state index in [4.69, 9.17) is 0 Å².